The molecule has 1 atom stereocenters. The molecule has 2 heteroatoms. The first kappa shape index (κ1) is 7.92. The van der Waals surface area contributed by atoms with Crippen LogP contribution in [-0.2, 0) is 0 Å². The van der Waals surface area contributed by atoms with Crippen molar-refractivity contribution in [3.63, 3.8) is 0 Å². The van der Waals surface area contributed by atoms with Crippen molar-refractivity contribution in [1.82, 2.24) is 0 Å². The molecule has 0 aromatic carbocycles. The van der Waals surface area contributed by atoms with Gasteiger partial charge < -0.3 is 11.5 Å². The van der Waals surface area contributed by atoms with Gasteiger partial charge in [-0.25, -0.2) is 0 Å². The molecule has 0 aromatic heterocycles. The average molecular weight is 118 g/mol. The topological polar surface area (TPSA) is 55.3 Å². The van der Waals surface area contributed by atoms with Crippen molar-refractivity contribution >= 4 is 0 Å². The maximum absolute atomic E-state index is 3.82. The van der Waals surface area contributed by atoms with Crippen molar-refractivity contribution < 1.29 is 11.5 Å². The normalized spacial score (nSPS) is 13.9. The minimum atomic E-state index is 0.803. The summed E-state index contributed by atoms with van der Waals surface area (Å²) in [5.41, 5.74) is 7.59. The third-order valence-corrected chi connectivity index (χ3v) is 1.44. The SMILES string of the molecule is C[C@@H](C[NH3+])CCC[NH3+]. The van der Waals surface area contributed by atoms with Gasteiger partial charge in [-0.3, -0.25) is 0 Å². The third kappa shape index (κ3) is 4.09. The van der Waals surface area contributed by atoms with Crippen LogP contribution >= 0.6 is 0 Å². The standard InChI is InChI=1S/C6H16N2/c1-6(5-8)3-2-4-7/h6H,2-5,7-8H2,1H3/p+2/t6-/m1/s1. The molecule has 0 saturated carbocycles. The quantitative estimate of drug-likeness (QED) is 0.470. The lowest BCUT2D eigenvalue weighted by atomic mass is 10.1. The van der Waals surface area contributed by atoms with Gasteiger partial charge in [0.05, 0.1) is 13.1 Å². The maximum atomic E-state index is 3.82. The van der Waals surface area contributed by atoms with E-state index in [2.05, 4.69) is 18.4 Å². The zero-order valence-corrected chi connectivity index (χ0v) is 5.82. The molecule has 0 aromatic rings. The van der Waals surface area contributed by atoms with E-state index in [0.717, 1.165) is 19.0 Å². The van der Waals surface area contributed by atoms with Crippen LogP contribution in [0.5, 0.6) is 0 Å². The fourth-order valence-electron chi connectivity index (χ4n) is 0.637. The lowest BCUT2D eigenvalue weighted by Gasteiger charge is -2.01. The number of rotatable bonds is 4. The Bertz CT molecular complexity index is 45.8. The monoisotopic (exact) mass is 118 g/mol. The van der Waals surface area contributed by atoms with Crippen LogP contribution in [0.1, 0.15) is 19.8 Å². The van der Waals surface area contributed by atoms with Crippen LogP contribution in [0.2, 0.25) is 0 Å². The van der Waals surface area contributed by atoms with Crippen molar-refractivity contribution in [3.05, 3.63) is 0 Å². The first-order chi connectivity index (χ1) is 3.81. The van der Waals surface area contributed by atoms with E-state index >= 15 is 0 Å². The summed E-state index contributed by atoms with van der Waals surface area (Å²) >= 11 is 0. The molecule has 0 fully saturated rings. The van der Waals surface area contributed by atoms with E-state index < -0.39 is 0 Å². The van der Waals surface area contributed by atoms with Crippen LogP contribution in [0.3, 0.4) is 0 Å². The summed E-state index contributed by atoms with van der Waals surface area (Å²) in [6.45, 7) is 4.38. The van der Waals surface area contributed by atoms with E-state index in [4.69, 9.17) is 0 Å². The molecule has 6 N–H and O–H groups in total. The Hall–Kier alpha value is -0.0800. The molecule has 0 aliphatic rings. The van der Waals surface area contributed by atoms with E-state index in [-0.39, 0.29) is 0 Å². The molecule has 0 bridgehead atoms. The molecule has 0 saturated heterocycles. The Morgan fingerprint density at radius 2 is 2.00 bits per heavy atom. The van der Waals surface area contributed by atoms with Gasteiger partial charge in [-0.1, -0.05) is 6.92 Å². The highest BCUT2D eigenvalue weighted by molar-refractivity contribution is 4.47. The minimum absolute atomic E-state index is 0.803. The van der Waals surface area contributed by atoms with E-state index in [1.54, 1.807) is 0 Å². The van der Waals surface area contributed by atoms with Gasteiger partial charge in [-0.15, -0.1) is 0 Å². The van der Waals surface area contributed by atoms with Crippen molar-refractivity contribution in [1.29, 1.82) is 0 Å². The summed E-state index contributed by atoms with van der Waals surface area (Å²) in [5, 5.41) is 0. The predicted molar refractivity (Wildman–Crippen MR) is 33.9 cm³/mol. The number of hydrogen-bond donors (Lipinski definition) is 2. The Balaban J connectivity index is 2.86. The summed E-state index contributed by atoms with van der Waals surface area (Å²) in [4.78, 5) is 0. The molecular formula is C6H18N2+2. The van der Waals surface area contributed by atoms with E-state index in [1.165, 1.54) is 12.8 Å². The van der Waals surface area contributed by atoms with Crippen LogP contribution in [0.15, 0.2) is 0 Å². The fraction of sp³-hybridized carbons (Fsp3) is 1.00. The van der Waals surface area contributed by atoms with E-state index in [9.17, 15) is 0 Å². The van der Waals surface area contributed by atoms with E-state index in [1.807, 2.05) is 0 Å². The lowest BCUT2D eigenvalue weighted by molar-refractivity contribution is -0.382. The predicted octanol–water partition coefficient (Wildman–Crippen LogP) is -1.11. The Kier molecular flexibility index (Phi) is 5.01. The van der Waals surface area contributed by atoms with Gasteiger partial charge in [0, 0.05) is 5.92 Å². The second kappa shape index (κ2) is 5.06. The molecule has 0 radical (unpaired) electrons. The maximum Gasteiger partial charge on any atom is 0.0765 e. The molecule has 0 heterocycles. The summed E-state index contributed by atoms with van der Waals surface area (Å²) in [6, 6.07) is 0. The van der Waals surface area contributed by atoms with Crippen LogP contribution in [0.4, 0.5) is 0 Å². The summed E-state index contributed by atoms with van der Waals surface area (Å²) in [5.74, 6) is 0.803. The van der Waals surface area contributed by atoms with Gasteiger partial charge in [0.15, 0.2) is 0 Å². The zero-order valence-electron chi connectivity index (χ0n) is 5.82. The van der Waals surface area contributed by atoms with Gasteiger partial charge in [-0.2, -0.15) is 0 Å². The molecule has 2 nitrogen and oxygen atoms in total. The summed E-state index contributed by atoms with van der Waals surface area (Å²) in [7, 11) is 0. The molecule has 0 aliphatic carbocycles. The first-order valence-corrected chi connectivity index (χ1v) is 3.39. The molecular weight excluding hydrogens is 100 g/mol. The van der Waals surface area contributed by atoms with Crippen LogP contribution in [0, 0.1) is 5.92 Å². The first-order valence-electron chi connectivity index (χ1n) is 3.39. The van der Waals surface area contributed by atoms with Crippen molar-refractivity contribution in [2.75, 3.05) is 13.1 Å². The Morgan fingerprint density at radius 3 is 2.38 bits per heavy atom. The molecule has 0 amide bonds. The number of hydrogen-bond acceptors (Lipinski definition) is 0. The van der Waals surface area contributed by atoms with Crippen molar-refractivity contribution in [2.24, 2.45) is 5.92 Å². The zero-order chi connectivity index (χ0) is 6.41. The molecule has 50 valence electrons. The highest BCUT2D eigenvalue weighted by atomic mass is 14.5. The van der Waals surface area contributed by atoms with Crippen molar-refractivity contribution in [3.8, 4) is 0 Å². The Labute approximate surface area is 51.2 Å². The molecule has 8 heavy (non-hydrogen) atoms. The van der Waals surface area contributed by atoms with Gasteiger partial charge in [0.2, 0.25) is 0 Å². The fourth-order valence-corrected chi connectivity index (χ4v) is 0.637. The highest BCUT2D eigenvalue weighted by Gasteiger charge is 1.98. The second-order valence-corrected chi connectivity index (χ2v) is 2.39. The van der Waals surface area contributed by atoms with Crippen LogP contribution in [-0.4, -0.2) is 13.1 Å². The second-order valence-electron chi connectivity index (χ2n) is 2.39. The van der Waals surface area contributed by atoms with Gasteiger partial charge in [0.1, 0.15) is 0 Å². The number of quaternary nitrogens is 2. The molecule has 0 unspecified atom stereocenters. The summed E-state index contributed by atoms with van der Waals surface area (Å²) in [6.07, 6.45) is 2.56. The largest absolute Gasteiger partial charge is 0.358 e. The molecule has 0 spiro atoms. The van der Waals surface area contributed by atoms with Crippen LogP contribution < -0.4 is 11.5 Å². The minimum Gasteiger partial charge on any atom is -0.358 e. The highest BCUT2D eigenvalue weighted by Crippen LogP contribution is 1.99. The smallest absolute Gasteiger partial charge is 0.0765 e. The van der Waals surface area contributed by atoms with Gasteiger partial charge in [-0.05, 0) is 12.8 Å². The summed E-state index contributed by atoms with van der Waals surface area (Å²) < 4.78 is 0. The Morgan fingerprint density at radius 1 is 1.38 bits per heavy atom. The third-order valence-electron chi connectivity index (χ3n) is 1.44. The van der Waals surface area contributed by atoms with E-state index in [0.29, 0.717) is 0 Å². The molecule has 0 aliphatic heterocycles. The average Bonchev–Trinajstić information content (AvgIpc) is 1.83. The lowest BCUT2D eigenvalue weighted by Crippen LogP contribution is -2.54. The van der Waals surface area contributed by atoms with Crippen molar-refractivity contribution in [2.45, 2.75) is 19.8 Å². The van der Waals surface area contributed by atoms with Gasteiger partial charge >= 0.3 is 0 Å². The van der Waals surface area contributed by atoms with Gasteiger partial charge in [0.25, 0.3) is 0 Å². The van der Waals surface area contributed by atoms with Crippen LogP contribution in [0.25, 0.3) is 0 Å². The molecule has 0 rings (SSSR count).